The number of rotatable bonds is 4. The zero-order valence-electron chi connectivity index (χ0n) is 14.1. The average Bonchev–Trinajstić information content (AvgIpc) is 3.06. The van der Waals surface area contributed by atoms with Crippen LogP contribution in [0, 0.1) is 18.6 Å². The lowest BCUT2D eigenvalue weighted by Gasteiger charge is -2.27. The monoisotopic (exact) mass is 336 g/mol. The second-order valence-corrected chi connectivity index (χ2v) is 6.64. The molecule has 1 heterocycles. The fourth-order valence-corrected chi connectivity index (χ4v) is 3.56. The molecule has 0 radical (unpaired) electrons. The summed E-state index contributed by atoms with van der Waals surface area (Å²) in [5.41, 5.74) is 0.781. The van der Waals surface area contributed by atoms with Crippen LogP contribution in [0.1, 0.15) is 25.1 Å². The Bertz CT molecular complexity index is 772. The van der Waals surface area contributed by atoms with Gasteiger partial charge in [-0.25, -0.2) is 13.8 Å². The first kappa shape index (κ1) is 16.8. The number of aryl methyl sites for hydroxylation is 1. The van der Waals surface area contributed by atoms with E-state index in [9.17, 15) is 13.6 Å². The molecular weight excluding hydrogens is 314 g/mol. The molecule has 7 heteroatoms. The van der Waals surface area contributed by atoms with Crippen molar-refractivity contribution in [1.29, 1.82) is 0 Å². The van der Waals surface area contributed by atoms with Crippen molar-refractivity contribution in [2.24, 2.45) is 0 Å². The number of benzene rings is 1. The number of fused-ring (bicyclic) bond motifs is 1. The van der Waals surface area contributed by atoms with Gasteiger partial charge in [0.2, 0.25) is 5.91 Å². The topological polar surface area (TPSA) is 50.2 Å². The summed E-state index contributed by atoms with van der Waals surface area (Å²) in [5, 5.41) is 3.07. The lowest BCUT2D eigenvalue weighted by atomic mass is 10.1. The van der Waals surface area contributed by atoms with Crippen LogP contribution in [0.3, 0.4) is 0 Å². The number of carbonyl (C=O) groups excluding carboxylic acids is 1. The number of carbonyl (C=O) groups is 1. The molecular formula is C17H22F2N4O. The highest BCUT2D eigenvalue weighted by atomic mass is 19.2. The number of hydrogen-bond acceptors (Lipinski definition) is 3. The van der Waals surface area contributed by atoms with Gasteiger partial charge in [0.1, 0.15) is 12.4 Å². The van der Waals surface area contributed by atoms with Crippen molar-refractivity contribution in [3.8, 4) is 0 Å². The summed E-state index contributed by atoms with van der Waals surface area (Å²) in [5.74, 6) is -1.45. The fourth-order valence-electron chi connectivity index (χ4n) is 3.56. The SMILES string of the molecule is Cc1nc2cc(F)c(F)cc2n1CC(=O)N[C@@H]1CCC[C@H]1N(C)C. The molecule has 3 rings (SSSR count). The molecule has 1 aliphatic carbocycles. The van der Waals surface area contributed by atoms with E-state index in [0.717, 1.165) is 31.4 Å². The third-order valence-corrected chi connectivity index (χ3v) is 4.77. The average molecular weight is 336 g/mol. The van der Waals surface area contributed by atoms with E-state index in [0.29, 0.717) is 22.9 Å². The lowest BCUT2D eigenvalue weighted by molar-refractivity contribution is -0.122. The van der Waals surface area contributed by atoms with Crippen LogP contribution in [0.4, 0.5) is 8.78 Å². The molecule has 0 aliphatic heterocycles. The van der Waals surface area contributed by atoms with Crippen LogP contribution in [-0.2, 0) is 11.3 Å². The molecule has 5 nitrogen and oxygen atoms in total. The van der Waals surface area contributed by atoms with Crippen molar-refractivity contribution < 1.29 is 13.6 Å². The molecule has 130 valence electrons. The Balaban J connectivity index is 1.78. The van der Waals surface area contributed by atoms with Gasteiger partial charge in [-0.05, 0) is 40.3 Å². The highest BCUT2D eigenvalue weighted by Crippen LogP contribution is 2.23. The van der Waals surface area contributed by atoms with Crippen molar-refractivity contribution in [3.05, 3.63) is 29.6 Å². The molecule has 0 unspecified atom stereocenters. The Labute approximate surface area is 139 Å². The minimum absolute atomic E-state index is 0.0457. The third-order valence-electron chi connectivity index (χ3n) is 4.77. The highest BCUT2D eigenvalue weighted by molar-refractivity contribution is 5.81. The van der Waals surface area contributed by atoms with E-state index < -0.39 is 11.6 Å². The summed E-state index contributed by atoms with van der Waals surface area (Å²) in [4.78, 5) is 18.8. The highest BCUT2D eigenvalue weighted by Gasteiger charge is 2.30. The molecule has 1 N–H and O–H groups in total. The number of imidazole rings is 1. The summed E-state index contributed by atoms with van der Waals surface area (Å²) < 4.78 is 28.5. The number of nitrogens with zero attached hydrogens (tertiary/aromatic N) is 3. The summed E-state index contributed by atoms with van der Waals surface area (Å²) in [6, 6.07) is 2.61. The Morgan fingerprint density at radius 3 is 2.75 bits per heavy atom. The van der Waals surface area contributed by atoms with E-state index in [1.54, 1.807) is 11.5 Å². The van der Waals surface area contributed by atoms with Gasteiger partial charge in [-0.1, -0.05) is 0 Å². The van der Waals surface area contributed by atoms with Gasteiger partial charge < -0.3 is 14.8 Å². The minimum Gasteiger partial charge on any atom is -0.350 e. The summed E-state index contributed by atoms with van der Waals surface area (Å²) in [6.45, 7) is 1.77. The van der Waals surface area contributed by atoms with Crippen LogP contribution in [0.15, 0.2) is 12.1 Å². The van der Waals surface area contributed by atoms with Crippen molar-refractivity contribution in [2.75, 3.05) is 14.1 Å². The van der Waals surface area contributed by atoms with Crippen LogP contribution in [0.5, 0.6) is 0 Å². The van der Waals surface area contributed by atoms with Gasteiger partial charge in [0.25, 0.3) is 0 Å². The van der Waals surface area contributed by atoms with E-state index >= 15 is 0 Å². The van der Waals surface area contributed by atoms with Crippen LogP contribution in [0.25, 0.3) is 11.0 Å². The standard InChI is InChI=1S/C17H22F2N4O/c1-10-20-14-7-11(18)12(19)8-16(14)23(10)9-17(24)21-13-5-4-6-15(13)22(2)3/h7-8,13,15H,4-6,9H2,1-3H3,(H,21,24)/t13-,15-/m1/s1. The molecule has 2 atom stereocenters. The van der Waals surface area contributed by atoms with Gasteiger partial charge in [0.15, 0.2) is 11.6 Å². The molecule has 2 aromatic rings. The molecule has 0 bridgehead atoms. The van der Waals surface area contributed by atoms with Crippen molar-refractivity contribution >= 4 is 16.9 Å². The van der Waals surface area contributed by atoms with Crippen LogP contribution < -0.4 is 5.32 Å². The summed E-state index contributed by atoms with van der Waals surface area (Å²) in [7, 11) is 4.03. The lowest BCUT2D eigenvalue weighted by Crippen LogP contribution is -2.47. The first-order valence-corrected chi connectivity index (χ1v) is 8.14. The van der Waals surface area contributed by atoms with E-state index in [2.05, 4.69) is 15.2 Å². The Morgan fingerprint density at radius 2 is 2.04 bits per heavy atom. The number of halogens is 2. The van der Waals surface area contributed by atoms with Crippen LogP contribution >= 0.6 is 0 Å². The first-order chi connectivity index (χ1) is 11.4. The van der Waals surface area contributed by atoms with Gasteiger partial charge in [-0.2, -0.15) is 0 Å². The third kappa shape index (κ3) is 3.13. The van der Waals surface area contributed by atoms with Crippen molar-refractivity contribution in [1.82, 2.24) is 19.8 Å². The van der Waals surface area contributed by atoms with Gasteiger partial charge in [-0.15, -0.1) is 0 Å². The largest absolute Gasteiger partial charge is 0.350 e. The van der Waals surface area contributed by atoms with E-state index in [4.69, 9.17) is 0 Å². The van der Waals surface area contributed by atoms with Crippen molar-refractivity contribution in [2.45, 2.75) is 44.8 Å². The Hall–Kier alpha value is -2.02. The maximum Gasteiger partial charge on any atom is 0.240 e. The number of nitrogens with one attached hydrogen (secondary N) is 1. The molecule has 1 aliphatic rings. The summed E-state index contributed by atoms with van der Waals surface area (Å²) >= 11 is 0. The normalized spacial score (nSPS) is 20.9. The number of amides is 1. The molecule has 1 fully saturated rings. The molecule has 1 aromatic carbocycles. The van der Waals surface area contributed by atoms with E-state index in [1.807, 2.05) is 14.1 Å². The van der Waals surface area contributed by atoms with E-state index in [1.165, 1.54) is 0 Å². The van der Waals surface area contributed by atoms with E-state index in [-0.39, 0.29) is 18.5 Å². The minimum atomic E-state index is -0.937. The predicted molar refractivity (Wildman–Crippen MR) is 87.6 cm³/mol. The second-order valence-electron chi connectivity index (χ2n) is 6.64. The number of hydrogen-bond donors (Lipinski definition) is 1. The summed E-state index contributed by atoms with van der Waals surface area (Å²) in [6.07, 6.45) is 3.11. The smallest absolute Gasteiger partial charge is 0.240 e. The van der Waals surface area contributed by atoms with Gasteiger partial charge in [-0.3, -0.25) is 4.79 Å². The molecule has 1 saturated carbocycles. The molecule has 0 spiro atoms. The Morgan fingerprint density at radius 1 is 1.33 bits per heavy atom. The fraction of sp³-hybridized carbons (Fsp3) is 0.529. The number of aromatic nitrogens is 2. The van der Waals surface area contributed by atoms with Gasteiger partial charge in [0.05, 0.1) is 11.0 Å². The zero-order valence-corrected chi connectivity index (χ0v) is 14.1. The predicted octanol–water partition coefficient (Wildman–Crippen LogP) is 2.22. The zero-order chi connectivity index (χ0) is 17.4. The quantitative estimate of drug-likeness (QED) is 0.931. The van der Waals surface area contributed by atoms with Crippen LogP contribution in [0.2, 0.25) is 0 Å². The first-order valence-electron chi connectivity index (χ1n) is 8.14. The molecule has 1 amide bonds. The van der Waals surface area contributed by atoms with Gasteiger partial charge in [0, 0.05) is 24.2 Å². The Kier molecular flexibility index (Phi) is 4.54. The van der Waals surface area contributed by atoms with Gasteiger partial charge >= 0.3 is 0 Å². The second kappa shape index (κ2) is 6.47. The molecule has 1 aromatic heterocycles. The molecule has 0 saturated heterocycles. The number of likely N-dealkylation sites (N-methyl/N-ethyl adjacent to an activating group) is 1. The maximum absolute atomic E-state index is 13.5. The molecule has 24 heavy (non-hydrogen) atoms. The van der Waals surface area contributed by atoms with Crippen LogP contribution in [-0.4, -0.2) is 46.5 Å². The maximum atomic E-state index is 13.5. The van der Waals surface area contributed by atoms with Crippen molar-refractivity contribution in [3.63, 3.8) is 0 Å².